The molecule has 0 aromatic carbocycles. The fraction of sp³-hybridized carbons (Fsp3) is 0.917. The van der Waals surface area contributed by atoms with Gasteiger partial charge in [0, 0.05) is 25.0 Å². The smallest absolute Gasteiger partial charge is 0.225 e. The number of likely N-dealkylation sites (tertiary alicyclic amines) is 1. The van der Waals surface area contributed by atoms with Crippen LogP contribution in [0.4, 0.5) is 0 Å². The number of likely N-dealkylation sites (N-methyl/N-ethyl adjacent to an activating group) is 1. The molecule has 1 fully saturated rings. The Morgan fingerprint density at radius 3 is 2.67 bits per heavy atom. The summed E-state index contributed by atoms with van der Waals surface area (Å²) in [4.78, 5) is 13.9. The molecule has 0 spiro atoms. The maximum atomic E-state index is 11.9. The summed E-state index contributed by atoms with van der Waals surface area (Å²) in [6, 6.07) is 0.487. The number of hydrogen-bond donors (Lipinski definition) is 1. The van der Waals surface area contributed by atoms with Crippen LogP contribution in [0.3, 0.4) is 0 Å². The molecule has 0 bridgehead atoms. The first-order valence-electron chi connectivity index (χ1n) is 6.06. The van der Waals surface area contributed by atoms with E-state index in [1.807, 2.05) is 18.7 Å². The maximum absolute atomic E-state index is 11.9. The van der Waals surface area contributed by atoms with E-state index in [9.17, 15) is 4.79 Å². The number of carbonyl (C=O) groups excluding carboxylic acids is 1. The van der Waals surface area contributed by atoms with Crippen molar-refractivity contribution >= 4 is 5.91 Å². The highest BCUT2D eigenvalue weighted by Gasteiger charge is 2.28. The zero-order chi connectivity index (χ0) is 11.4. The van der Waals surface area contributed by atoms with Gasteiger partial charge in [-0.3, -0.25) is 4.79 Å². The summed E-state index contributed by atoms with van der Waals surface area (Å²) in [5, 5.41) is 3.44. The van der Waals surface area contributed by atoms with Gasteiger partial charge in [-0.15, -0.1) is 0 Å². The Morgan fingerprint density at radius 2 is 2.13 bits per heavy atom. The van der Waals surface area contributed by atoms with E-state index >= 15 is 0 Å². The van der Waals surface area contributed by atoms with Crippen LogP contribution in [0.15, 0.2) is 0 Å². The highest BCUT2D eigenvalue weighted by molar-refractivity contribution is 5.78. The summed E-state index contributed by atoms with van der Waals surface area (Å²) < 4.78 is 0. The van der Waals surface area contributed by atoms with E-state index in [0.717, 1.165) is 19.6 Å². The van der Waals surface area contributed by atoms with Crippen LogP contribution in [0.5, 0.6) is 0 Å². The largest absolute Gasteiger partial charge is 0.341 e. The van der Waals surface area contributed by atoms with Crippen molar-refractivity contribution in [3.63, 3.8) is 0 Å². The van der Waals surface area contributed by atoms with Crippen molar-refractivity contribution in [2.24, 2.45) is 11.8 Å². The van der Waals surface area contributed by atoms with E-state index in [4.69, 9.17) is 0 Å². The molecular formula is C12H24N2O. The van der Waals surface area contributed by atoms with Crippen molar-refractivity contribution in [1.82, 2.24) is 10.2 Å². The molecule has 3 heteroatoms. The summed E-state index contributed by atoms with van der Waals surface area (Å²) in [5.41, 5.74) is 0. The molecule has 0 aromatic rings. The van der Waals surface area contributed by atoms with Crippen LogP contribution in [0.2, 0.25) is 0 Å². The van der Waals surface area contributed by atoms with Gasteiger partial charge in [0.25, 0.3) is 0 Å². The second-order valence-corrected chi connectivity index (χ2v) is 4.99. The molecule has 1 saturated heterocycles. The number of amides is 1. The molecular weight excluding hydrogens is 188 g/mol. The van der Waals surface area contributed by atoms with Gasteiger partial charge in [0.1, 0.15) is 0 Å². The molecule has 0 aromatic heterocycles. The first-order valence-corrected chi connectivity index (χ1v) is 6.06. The molecule has 88 valence electrons. The summed E-state index contributed by atoms with van der Waals surface area (Å²) in [5.74, 6) is 1.03. The van der Waals surface area contributed by atoms with E-state index in [2.05, 4.69) is 19.2 Å². The van der Waals surface area contributed by atoms with Gasteiger partial charge in [-0.2, -0.15) is 0 Å². The van der Waals surface area contributed by atoms with Crippen molar-refractivity contribution in [1.29, 1.82) is 0 Å². The molecule has 1 amide bonds. The normalized spacial score (nSPS) is 27.1. The number of hydrogen-bond acceptors (Lipinski definition) is 2. The van der Waals surface area contributed by atoms with Crippen LogP contribution < -0.4 is 5.32 Å². The SMILES string of the molecule is CCNC1CC(C)CN(C(=O)C(C)C)C1. The van der Waals surface area contributed by atoms with Crippen molar-refractivity contribution in [3.05, 3.63) is 0 Å². The Labute approximate surface area is 93.2 Å². The molecule has 2 unspecified atom stereocenters. The summed E-state index contributed by atoms with van der Waals surface area (Å²) in [6.45, 7) is 11.1. The molecule has 1 rings (SSSR count). The van der Waals surface area contributed by atoms with Gasteiger partial charge in [0.05, 0.1) is 0 Å². The third-order valence-electron chi connectivity index (χ3n) is 2.96. The lowest BCUT2D eigenvalue weighted by atomic mass is 9.95. The van der Waals surface area contributed by atoms with Gasteiger partial charge < -0.3 is 10.2 Å². The third kappa shape index (κ3) is 3.49. The van der Waals surface area contributed by atoms with Crippen LogP contribution in [0.25, 0.3) is 0 Å². The minimum Gasteiger partial charge on any atom is -0.341 e. The predicted octanol–water partition coefficient (Wildman–Crippen LogP) is 1.49. The van der Waals surface area contributed by atoms with Crippen LogP contribution in [-0.2, 0) is 4.79 Å². The molecule has 15 heavy (non-hydrogen) atoms. The Bertz CT molecular complexity index is 216. The summed E-state index contributed by atoms with van der Waals surface area (Å²) in [6.07, 6.45) is 1.19. The highest BCUT2D eigenvalue weighted by Crippen LogP contribution is 2.18. The molecule has 1 aliphatic heterocycles. The number of nitrogens with zero attached hydrogens (tertiary/aromatic N) is 1. The molecule has 1 N–H and O–H groups in total. The van der Waals surface area contributed by atoms with E-state index in [0.29, 0.717) is 17.9 Å². The monoisotopic (exact) mass is 212 g/mol. The molecule has 0 saturated carbocycles. The number of nitrogens with one attached hydrogen (secondary N) is 1. The van der Waals surface area contributed by atoms with Gasteiger partial charge in [-0.25, -0.2) is 0 Å². The lowest BCUT2D eigenvalue weighted by Crippen LogP contribution is -2.51. The quantitative estimate of drug-likeness (QED) is 0.768. The molecule has 0 radical (unpaired) electrons. The first-order chi connectivity index (χ1) is 7.04. The summed E-state index contributed by atoms with van der Waals surface area (Å²) >= 11 is 0. The van der Waals surface area contributed by atoms with Gasteiger partial charge in [-0.1, -0.05) is 27.7 Å². The van der Waals surface area contributed by atoms with E-state index in [-0.39, 0.29) is 5.92 Å². The minimum atomic E-state index is 0.123. The zero-order valence-electron chi connectivity index (χ0n) is 10.4. The van der Waals surface area contributed by atoms with Crippen LogP contribution >= 0.6 is 0 Å². The molecule has 2 atom stereocenters. The third-order valence-corrected chi connectivity index (χ3v) is 2.96. The summed E-state index contributed by atoms with van der Waals surface area (Å²) in [7, 11) is 0. The average Bonchev–Trinajstić information content (AvgIpc) is 2.16. The standard InChI is InChI=1S/C12H24N2O/c1-5-13-11-6-10(4)7-14(8-11)12(15)9(2)3/h9-11,13H,5-8H2,1-4H3. The topological polar surface area (TPSA) is 32.3 Å². The van der Waals surface area contributed by atoms with Gasteiger partial charge in [0.15, 0.2) is 0 Å². The van der Waals surface area contributed by atoms with E-state index in [1.165, 1.54) is 6.42 Å². The van der Waals surface area contributed by atoms with Crippen molar-refractivity contribution in [3.8, 4) is 0 Å². The van der Waals surface area contributed by atoms with Crippen molar-refractivity contribution in [2.75, 3.05) is 19.6 Å². The van der Waals surface area contributed by atoms with E-state index in [1.54, 1.807) is 0 Å². The number of piperidine rings is 1. The first kappa shape index (κ1) is 12.5. The second kappa shape index (κ2) is 5.50. The lowest BCUT2D eigenvalue weighted by Gasteiger charge is -2.37. The Hall–Kier alpha value is -0.570. The van der Waals surface area contributed by atoms with Crippen LogP contribution in [0.1, 0.15) is 34.1 Å². The Balaban J connectivity index is 2.55. The van der Waals surface area contributed by atoms with Gasteiger partial charge in [0.2, 0.25) is 5.91 Å². The van der Waals surface area contributed by atoms with Crippen molar-refractivity contribution in [2.45, 2.75) is 40.2 Å². The number of carbonyl (C=O) groups is 1. The fourth-order valence-corrected chi connectivity index (χ4v) is 2.33. The fourth-order valence-electron chi connectivity index (χ4n) is 2.33. The van der Waals surface area contributed by atoms with Crippen molar-refractivity contribution < 1.29 is 4.79 Å². The van der Waals surface area contributed by atoms with Crippen LogP contribution in [0, 0.1) is 11.8 Å². The lowest BCUT2D eigenvalue weighted by molar-refractivity contribution is -0.136. The molecule has 3 nitrogen and oxygen atoms in total. The van der Waals surface area contributed by atoms with Gasteiger partial charge in [-0.05, 0) is 18.9 Å². The highest BCUT2D eigenvalue weighted by atomic mass is 16.2. The van der Waals surface area contributed by atoms with Gasteiger partial charge >= 0.3 is 0 Å². The second-order valence-electron chi connectivity index (χ2n) is 4.99. The molecule has 1 heterocycles. The maximum Gasteiger partial charge on any atom is 0.225 e. The minimum absolute atomic E-state index is 0.123. The Morgan fingerprint density at radius 1 is 1.47 bits per heavy atom. The predicted molar refractivity (Wildman–Crippen MR) is 62.7 cm³/mol. The average molecular weight is 212 g/mol. The van der Waals surface area contributed by atoms with E-state index < -0.39 is 0 Å². The Kier molecular flexibility index (Phi) is 4.58. The zero-order valence-corrected chi connectivity index (χ0v) is 10.4. The molecule has 1 aliphatic rings. The number of rotatable bonds is 3. The molecule has 0 aliphatic carbocycles. The van der Waals surface area contributed by atoms with Crippen LogP contribution in [-0.4, -0.2) is 36.5 Å².